The third-order valence-electron chi connectivity index (χ3n) is 1.51. The molecule has 0 aromatic rings. The molecular weight excluding hydrogens is 160 g/mol. The van der Waals surface area contributed by atoms with E-state index in [1.165, 1.54) is 0 Å². The zero-order valence-corrected chi connectivity index (χ0v) is 7.12. The summed E-state index contributed by atoms with van der Waals surface area (Å²) in [5, 5.41) is 9.87. The van der Waals surface area contributed by atoms with E-state index in [0.717, 1.165) is 25.8 Å². The average Bonchev–Trinajstić information content (AvgIpc) is 1.97. The largest absolute Gasteiger partial charge is 0.358 e. The van der Waals surface area contributed by atoms with Crippen molar-refractivity contribution in [3.8, 4) is 0 Å². The van der Waals surface area contributed by atoms with E-state index in [0.29, 0.717) is 6.42 Å². The average molecular weight is 175 g/mol. The van der Waals surface area contributed by atoms with Gasteiger partial charge >= 0.3 is 0 Å². The fourth-order valence-corrected chi connectivity index (χ4v) is 0.899. The molecule has 0 aliphatic rings. The van der Waals surface area contributed by atoms with Gasteiger partial charge in [0.05, 0.1) is 6.54 Å². The van der Waals surface area contributed by atoms with E-state index in [-0.39, 0.29) is 5.78 Å². The Bertz CT molecular complexity index is 159. The lowest BCUT2D eigenvalue weighted by Gasteiger charge is -1.95. The number of ketones is 1. The number of carbonyl (C=O) groups excluding carboxylic acids is 1. The van der Waals surface area contributed by atoms with Gasteiger partial charge < -0.3 is 5.73 Å². The molecule has 0 saturated carbocycles. The summed E-state index contributed by atoms with van der Waals surface area (Å²) in [5.74, 6) is -0.274. The lowest BCUT2D eigenvalue weighted by molar-refractivity contribution is -0.467. The second-order valence-electron chi connectivity index (χ2n) is 2.69. The lowest BCUT2D eigenvalue weighted by atomic mass is 10.1. The minimum absolute atomic E-state index is 0.274. The Balaban J connectivity index is 3.26. The lowest BCUT2D eigenvalue weighted by Crippen LogP contribution is -2.50. The number of nitrogens with zero attached hydrogens (tertiary/aromatic N) is 1. The number of quaternary nitrogens is 1. The van der Waals surface area contributed by atoms with Crippen LogP contribution in [0.15, 0.2) is 0 Å². The molecule has 70 valence electrons. The van der Waals surface area contributed by atoms with Crippen molar-refractivity contribution >= 4 is 5.78 Å². The van der Waals surface area contributed by atoms with Crippen molar-refractivity contribution in [1.82, 2.24) is 0 Å². The molecular formula is C7H15N2O3+. The van der Waals surface area contributed by atoms with Crippen molar-refractivity contribution in [1.29, 1.82) is 0 Å². The molecule has 0 heterocycles. The Morgan fingerprint density at radius 2 is 2.00 bits per heavy atom. The molecule has 0 unspecified atom stereocenters. The minimum atomic E-state index is -0.580. The van der Waals surface area contributed by atoms with E-state index in [1.54, 1.807) is 0 Å². The van der Waals surface area contributed by atoms with Crippen LogP contribution in [0.4, 0.5) is 0 Å². The zero-order valence-electron chi connectivity index (χ0n) is 7.12. The molecule has 0 aliphatic carbocycles. The van der Waals surface area contributed by atoms with E-state index >= 15 is 0 Å². The summed E-state index contributed by atoms with van der Waals surface area (Å²) in [6, 6.07) is 0. The van der Waals surface area contributed by atoms with Gasteiger partial charge in [0, 0.05) is 11.3 Å². The summed E-state index contributed by atoms with van der Waals surface area (Å²) in [6.07, 6.45) is 3.02. The van der Waals surface area contributed by atoms with Gasteiger partial charge in [-0.25, -0.2) is 0 Å². The molecule has 0 rings (SSSR count). The third kappa shape index (κ3) is 7.14. The predicted molar refractivity (Wildman–Crippen MR) is 43.1 cm³/mol. The molecule has 0 aromatic carbocycles. The first kappa shape index (κ1) is 11.0. The molecule has 0 radical (unpaired) electrons. The number of carbonyl (C=O) groups is 1. The van der Waals surface area contributed by atoms with Gasteiger partial charge in [0.2, 0.25) is 5.78 Å². The second kappa shape index (κ2) is 6.72. The number of Topliss-reactive ketones (excluding diaryl/α,β-unsaturated/α-hetero) is 1. The Morgan fingerprint density at radius 3 is 2.50 bits per heavy atom. The Hall–Kier alpha value is -0.970. The highest BCUT2D eigenvalue weighted by molar-refractivity contribution is 5.79. The second-order valence-corrected chi connectivity index (χ2v) is 2.69. The highest BCUT2D eigenvalue weighted by Gasteiger charge is 2.08. The van der Waals surface area contributed by atoms with E-state index < -0.39 is 11.5 Å². The number of hydrogen-bond donors (Lipinski definition) is 1. The quantitative estimate of drug-likeness (QED) is 0.325. The molecule has 0 spiro atoms. The van der Waals surface area contributed by atoms with Crippen LogP contribution in [0.5, 0.6) is 0 Å². The first-order valence-corrected chi connectivity index (χ1v) is 4.09. The van der Waals surface area contributed by atoms with Crippen LogP contribution in [-0.4, -0.2) is 23.8 Å². The molecule has 12 heavy (non-hydrogen) atoms. The van der Waals surface area contributed by atoms with Crippen molar-refractivity contribution in [2.24, 2.45) is 0 Å². The number of hydrogen-bond acceptors (Lipinski definition) is 3. The number of unbranched alkanes of at least 4 members (excludes halogenated alkanes) is 2. The summed E-state index contributed by atoms with van der Waals surface area (Å²) in [7, 11) is 0. The van der Waals surface area contributed by atoms with E-state index in [4.69, 9.17) is 0 Å². The van der Waals surface area contributed by atoms with Crippen molar-refractivity contribution in [2.75, 3.05) is 13.1 Å². The monoisotopic (exact) mass is 175 g/mol. The molecule has 0 atom stereocenters. The van der Waals surface area contributed by atoms with Crippen molar-refractivity contribution in [3.05, 3.63) is 10.1 Å². The maximum absolute atomic E-state index is 10.8. The first-order chi connectivity index (χ1) is 5.66. The van der Waals surface area contributed by atoms with E-state index in [9.17, 15) is 14.9 Å². The summed E-state index contributed by atoms with van der Waals surface area (Å²) in [5.41, 5.74) is 3.66. The van der Waals surface area contributed by atoms with Crippen LogP contribution >= 0.6 is 0 Å². The summed E-state index contributed by atoms with van der Waals surface area (Å²) in [6.45, 7) is 0.341. The van der Waals surface area contributed by atoms with Gasteiger partial charge in [-0.1, -0.05) is 0 Å². The first-order valence-electron chi connectivity index (χ1n) is 4.09. The highest BCUT2D eigenvalue weighted by Crippen LogP contribution is 1.98. The summed E-state index contributed by atoms with van der Waals surface area (Å²) >= 11 is 0. The molecule has 5 heteroatoms. The molecule has 0 saturated heterocycles. The van der Waals surface area contributed by atoms with Crippen LogP contribution in [0.25, 0.3) is 0 Å². The van der Waals surface area contributed by atoms with E-state index in [1.807, 2.05) is 0 Å². The van der Waals surface area contributed by atoms with Gasteiger partial charge in [0.15, 0.2) is 0 Å². The van der Waals surface area contributed by atoms with Gasteiger partial charge in [-0.05, 0) is 19.3 Å². The SMILES string of the molecule is [NH3+]CCCCCC(=O)C[N+](=O)[O-]. The molecule has 0 aliphatic heterocycles. The van der Waals surface area contributed by atoms with Crippen LogP contribution in [0.1, 0.15) is 25.7 Å². The molecule has 3 N–H and O–H groups in total. The Morgan fingerprint density at radius 1 is 1.33 bits per heavy atom. The van der Waals surface area contributed by atoms with Crippen LogP contribution in [-0.2, 0) is 4.79 Å². The van der Waals surface area contributed by atoms with Gasteiger partial charge in [0.25, 0.3) is 6.54 Å². The molecule has 0 bridgehead atoms. The van der Waals surface area contributed by atoms with Crippen LogP contribution in [0, 0.1) is 10.1 Å². The smallest absolute Gasteiger partial charge is 0.261 e. The fraction of sp³-hybridized carbons (Fsp3) is 0.857. The number of rotatable bonds is 7. The summed E-state index contributed by atoms with van der Waals surface area (Å²) in [4.78, 5) is 20.1. The van der Waals surface area contributed by atoms with Crippen molar-refractivity contribution in [3.63, 3.8) is 0 Å². The van der Waals surface area contributed by atoms with Gasteiger partial charge in [0.1, 0.15) is 0 Å². The molecule has 5 nitrogen and oxygen atoms in total. The van der Waals surface area contributed by atoms with Crippen LogP contribution in [0.3, 0.4) is 0 Å². The Labute approximate surface area is 71.1 Å². The topological polar surface area (TPSA) is 87.8 Å². The maximum Gasteiger partial charge on any atom is 0.261 e. The van der Waals surface area contributed by atoms with E-state index in [2.05, 4.69) is 5.73 Å². The summed E-state index contributed by atoms with van der Waals surface area (Å²) < 4.78 is 0. The normalized spacial score (nSPS) is 9.75. The Kier molecular flexibility index (Phi) is 6.18. The molecule has 0 aromatic heterocycles. The van der Waals surface area contributed by atoms with Crippen molar-refractivity contribution in [2.45, 2.75) is 25.7 Å². The van der Waals surface area contributed by atoms with Crippen LogP contribution < -0.4 is 5.73 Å². The van der Waals surface area contributed by atoms with Gasteiger partial charge in [-0.15, -0.1) is 0 Å². The molecule has 0 amide bonds. The zero-order chi connectivity index (χ0) is 9.40. The van der Waals surface area contributed by atoms with Crippen molar-refractivity contribution < 1.29 is 15.5 Å². The highest BCUT2D eigenvalue weighted by atomic mass is 16.6. The van der Waals surface area contributed by atoms with Crippen LogP contribution in [0.2, 0.25) is 0 Å². The minimum Gasteiger partial charge on any atom is -0.358 e. The number of nitro groups is 1. The predicted octanol–water partition coefficient (Wildman–Crippen LogP) is -0.365. The standard InChI is InChI=1S/C7H14N2O3/c8-5-3-1-2-4-7(10)6-9(11)12/h1-6,8H2/p+1. The van der Waals surface area contributed by atoms with Gasteiger partial charge in [-0.2, -0.15) is 0 Å². The fourth-order valence-electron chi connectivity index (χ4n) is 0.899. The maximum atomic E-state index is 10.8. The molecule has 0 fully saturated rings. The third-order valence-corrected chi connectivity index (χ3v) is 1.51. The van der Waals surface area contributed by atoms with Gasteiger partial charge in [-0.3, -0.25) is 14.9 Å².